The second-order valence-electron chi connectivity index (χ2n) is 8.08. The molecule has 0 aliphatic heterocycles. The Bertz CT molecular complexity index is 1050. The van der Waals surface area contributed by atoms with Gasteiger partial charge in [0, 0.05) is 40.8 Å². The number of para-hydroxylation sites is 1. The summed E-state index contributed by atoms with van der Waals surface area (Å²) < 4.78 is 1.21. The Labute approximate surface area is 202 Å². The smallest absolute Gasteiger partial charge is 0.225 e. The van der Waals surface area contributed by atoms with Gasteiger partial charge in [-0.05, 0) is 96.9 Å². The van der Waals surface area contributed by atoms with Crippen LogP contribution in [0.1, 0.15) is 25.7 Å². The Morgan fingerprint density at radius 2 is 1.65 bits per heavy atom. The third-order valence-electron chi connectivity index (χ3n) is 5.50. The van der Waals surface area contributed by atoms with E-state index in [4.69, 9.17) is 22.2 Å². The molecule has 0 atom stereocenters. The Kier molecular flexibility index (Phi) is 7.06. The largest absolute Gasteiger partial charge is 0.362 e. The highest BCUT2D eigenvalue weighted by Gasteiger charge is 2.22. The van der Waals surface area contributed by atoms with E-state index in [0.717, 1.165) is 48.1 Å². The first-order valence-corrected chi connectivity index (χ1v) is 12.0. The molecule has 3 aromatic rings. The van der Waals surface area contributed by atoms with E-state index in [1.54, 1.807) is 0 Å². The maximum Gasteiger partial charge on any atom is 0.225 e. The van der Waals surface area contributed by atoms with Crippen molar-refractivity contribution in [1.82, 2.24) is 15.3 Å². The van der Waals surface area contributed by atoms with Crippen LogP contribution in [0.5, 0.6) is 0 Å². The molecule has 31 heavy (non-hydrogen) atoms. The summed E-state index contributed by atoms with van der Waals surface area (Å²) in [6, 6.07) is 17.1. The van der Waals surface area contributed by atoms with Crippen LogP contribution in [0.4, 0.5) is 17.5 Å². The number of thiocarbonyl (C=S) groups is 1. The van der Waals surface area contributed by atoms with Crippen LogP contribution < -0.4 is 20.9 Å². The summed E-state index contributed by atoms with van der Waals surface area (Å²) in [6.07, 6.45) is 4.22. The number of anilines is 3. The first-order valence-electron chi connectivity index (χ1n) is 10.5. The average molecular weight is 546 g/mol. The number of hydrogen-bond acceptors (Lipinski definition) is 5. The number of aromatic nitrogens is 2. The van der Waals surface area contributed by atoms with Crippen LogP contribution in [0.25, 0.3) is 10.9 Å². The molecular weight excluding hydrogens is 519 g/mol. The SMILES string of the molecule is CN(C)c1nc(N[C@H]2CC[C@@H](NC(=S)Nc3ccc(I)cc3)CC2)nc2ccccc12. The van der Waals surface area contributed by atoms with Crippen LogP contribution in [-0.4, -0.2) is 41.3 Å². The van der Waals surface area contributed by atoms with Gasteiger partial charge in [0.1, 0.15) is 5.82 Å². The number of halogens is 1. The molecule has 0 radical (unpaired) electrons. The van der Waals surface area contributed by atoms with E-state index in [1.165, 1.54) is 3.57 Å². The van der Waals surface area contributed by atoms with Gasteiger partial charge < -0.3 is 20.9 Å². The standard InChI is InChI=1S/C23H27IN6S/c1-30(2)21-19-5-3-4-6-20(19)28-22(29-21)25-16-11-13-18(14-12-16)27-23(31)26-17-9-7-15(24)8-10-17/h3-10,16,18H,11-14H2,1-2H3,(H,25,28,29)(H2,26,27,31)/t16-,18+. The Hall–Kier alpha value is -2.20. The van der Waals surface area contributed by atoms with Gasteiger partial charge in [0.15, 0.2) is 5.11 Å². The first-order chi connectivity index (χ1) is 15.0. The minimum Gasteiger partial charge on any atom is -0.362 e. The second-order valence-corrected chi connectivity index (χ2v) is 9.73. The zero-order chi connectivity index (χ0) is 21.8. The molecule has 1 fully saturated rings. The van der Waals surface area contributed by atoms with Gasteiger partial charge in [-0.25, -0.2) is 4.98 Å². The molecule has 0 spiro atoms. The van der Waals surface area contributed by atoms with Crippen LogP contribution in [-0.2, 0) is 0 Å². The fraction of sp³-hybridized carbons (Fsp3) is 0.348. The van der Waals surface area contributed by atoms with Crippen molar-refractivity contribution < 1.29 is 0 Å². The Balaban J connectivity index is 1.32. The summed E-state index contributed by atoms with van der Waals surface area (Å²) in [5.74, 6) is 1.64. The summed E-state index contributed by atoms with van der Waals surface area (Å²) >= 11 is 7.80. The van der Waals surface area contributed by atoms with Crippen LogP contribution in [0.15, 0.2) is 48.5 Å². The van der Waals surface area contributed by atoms with Crippen molar-refractivity contribution in [2.75, 3.05) is 29.6 Å². The molecule has 0 amide bonds. The van der Waals surface area contributed by atoms with Crippen LogP contribution in [0, 0.1) is 3.57 Å². The number of hydrogen-bond donors (Lipinski definition) is 3. The number of nitrogens with zero attached hydrogens (tertiary/aromatic N) is 3. The first kappa shape index (κ1) is 22.0. The van der Waals surface area contributed by atoms with E-state index < -0.39 is 0 Å². The highest BCUT2D eigenvalue weighted by atomic mass is 127. The van der Waals surface area contributed by atoms with Gasteiger partial charge in [0.2, 0.25) is 5.95 Å². The Morgan fingerprint density at radius 1 is 0.968 bits per heavy atom. The number of fused-ring (bicyclic) bond motifs is 1. The zero-order valence-corrected chi connectivity index (χ0v) is 20.7. The van der Waals surface area contributed by atoms with Crippen LogP contribution >= 0.6 is 34.8 Å². The maximum atomic E-state index is 5.50. The topological polar surface area (TPSA) is 65.1 Å². The fourth-order valence-corrected chi connectivity index (χ4v) is 4.56. The summed E-state index contributed by atoms with van der Waals surface area (Å²) in [7, 11) is 4.03. The molecule has 162 valence electrons. The number of rotatable bonds is 5. The van der Waals surface area contributed by atoms with E-state index in [1.807, 2.05) is 49.3 Å². The zero-order valence-electron chi connectivity index (χ0n) is 17.7. The van der Waals surface area contributed by atoms with Crippen molar-refractivity contribution in [2.45, 2.75) is 37.8 Å². The molecule has 6 nitrogen and oxygen atoms in total. The fourth-order valence-electron chi connectivity index (χ4n) is 3.92. The molecule has 0 bridgehead atoms. The van der Waals surface area contributed by atoms with Gasteiger partial charge in [-0.2, -0.15) is 4.98 Å². The van der Waals surface area contributed by atoms with Crippen molar-refractivity contribution in [2.24, 2.45) is 0 Å². The lowest BCUT2D eigenvalue weighted by Crippen LogP contribution is -2.42. The van der Waals surface area contributed by atoms with Gasteiger partial charge in [-0.3, -0.25) is 0 Å². The number of benzene rings is 2. The summed E-state index contributed by atoms with van der Waals surface area (Å²) in [6.45, 7) is 0. The van der Waals surface area contributed by atoms with Crippen LogP contribution in [0.2, 0.25) is 0 Å². The lowest BCUT2D eigenvalue weighted by molar-refractivity contribution is 0.387. The van der Waals surface area contributed by atoms with Gasteiger partial charge in [0.25, 0.3) is 0 Å². The molecule has 3 N–H and O–H groups in total. The molecule has 8 heteroatoms. The normalized spacial score (nSPS) is 18.4. The summed E-state index contributed by atoms with van der Waals surface area (Å²) in [5.41, 5.74) is 1.98. The monoisotopic (exact) mass is 546 g/mol. The lowest BCUT2D eigenvalue weighted by atomic mass is 9.91. The third-order valence-corrected chi connectivity index (χ3v) is 6.44. The van der Waals surface area contributed by atoms with Crippen molar-refractivity contribution in [3.05, 3.63) is 52.1 Å². The highest BCUT2D eigenvalue weighted by molar-refractivity contribution is 14.1. The maximum absolute atomic E-state index is 5.50. The molecule has 1 saturated carbocycles. The Morgan fingerprint density at radius 3 is 2.35 bits per heavy atom. The van der Waals surface area contributed by atoms with Gasteiger partial charge in [-0.1, -0.05) is 12.1 Å². The van der Waals surface area contributed by atoms with E-state index >= 15 is 0 Å². The lowest BCUT2D eigenvalue weighted by Gasteiger charge is -2.30. The van der Waals surface area contributed by atoms with E-state index in [9.17, 15) is 0 Å². The quantitative estimate of drug-likeness (QED) is 0.307. The predicted molar refractivity (Wildman–Crippen MR) is 142 cm³/mol. The third kappa shape index (κ3) is 5.74. The molecule has 1 aromatic heterocycles. The molecule has 0 saturated heterocycles. The molecule has 1 aliphatic rings. The molecule has 1 heterocycles. The molecule has 2 aromatic carbocycles. The summed E-state index contributed by atoms with van der Waals surface area (Å²) in [4.78, 5) is 11.5. The second kappa shape index (κ2) is 9.95. The van der Waals surface area contributed by atoms with Crippen molar-refractivity contribution in [3.63, 3.8) is 0 Å². The van der Waals surface area contributed by atoms with Crippen LogP contribution in [0.3, 0.4) is 0 Å². The summed E-state index contributed by atoms with van der Waals surface area (Å²) in [5, 5.41) is 12.1. The molecule has 4 rings (SSSR count). The molecule has 0 unspecified atom stereocenters. The minimum atomic E-state index is 0.368. The molecular formula is C23H27IN6S. The average Bonchev–Trinajstić information content (AvgIpc) is 2.76. The van der Waals surface area contributed by atoms with Crippen molar-refractivity contribution in [3.8, 4) is 0 Å². The van der Waals surface area contributed by atoms with E-state index in [-0.39, 0.29) is 0 Å². The molecule has 1 aliphatic carbocycles. The predicted octanol–water partition coefficient (Wildman–Crippen LogP) is 5.01. The van der Waals surface area contributed by atoms with E-state index in [2.05, 4.69) is 56.7 Å². The van der Waals surface area contributed by atoms with Crippen molar-refractivity contribution in [1.29, 1.82) is 0 Å². The van der Waals surface area contributed by atoms with Gasteiger partial charge in [-0.15, -0.1) is 0 Å². The van der Waals surface area contributed by atoms with Crippen molar-refractivity contribution >= 4 is 68.3 Å². The van der Waals surface area contributed by atoms with E-state index in [0.29, 0.717) is 23.1 Å². The highest BCUT2D eigenvalue weighted by Crippen LogP contribution is 2.26. The minimum absolute atomic E-state index is 0.368. The number of nitrogens with one attached hydrogen (secondary N) is 3. The van der Waals surface area contributed by atoms with Gasteiger partial charge >= 0.3 is 0 Å². The van der Waals surface area contributed by atoms with Gasteiger partial charge in [0.05, 0.1) is 5.52 Å².